The number of hydrogen-bond acceptors (Lipinski definition) is 4. The molecule has 1 atom stereocenters. The summed E-state index contributed by atoms with van der Waals surface area (Å²) >= 11 is 0. The molecule has 1 aliphatic rings. The Morgan fingerprint density at radius 1 is 1.29 bits per heavy atom. The second kappa shape index (κ2) is 6.18. The highest BCUT2D eigenvalue weighted by molar-refractivity contribution is 5.63. The number of H-pyrrole nitrogens is 1. The van der Waals surface area contributed by atoms with Crippen molar-refractivity contribution in [3.63, 3.8) is 0 Å². The summed E-state index contributed by atoms with van der Waals surface area (Å²) in [5, 5.41) is 3.42. The van der Waals surface area contributed by atoms with E-state index in [1.165, 1.54) is 0 Å². The van der Waals surface area contributed by atoms with Crippen molar-refractivity contribution in [2.45, 2.75) is 32.9 Å². The van der Waals surface area contributed by atoms with Gasteiger partial charge in [-0.25, -0.2) is 4.98 Å². The van der Waals surface area contributed by atoms with E-state index in [4.69, 9.17) is 9.47 Å². The highest BCUT2D eigenvalue weighted by Gasteiger charge is 2.13. The number of imidazole rings is 1. The molecule has 21 heavy (non-hydrogen) atoms. The van der Waals surface area contributed by atoms with Crippen molar-refractivity contribution >= 4 is 0 Å². The number of aromatic nitrogens is 2. The standard InChI is InChI=1S/C16H21N3O2/c1-3-11(2)17-10-16-18-9-13(19-16)12-4-5-14-15(8-12)21-7-6-20-14/h4-5,8-9,11,17H,3,6-7,10H2,1-2H3,(H,18,19). The first kappa shape index (κ1) is 13.9. The number of rotatable bonds is 5. The summed E-state index contributed by atoms with van der Waals surface area (Å²) < 4.78 is 11.2. The first-order valence-electron chi connectivity index (χ1n) is 7.43. The van der Waals surface area contributed by atoms with Crippen LogP contribution in [0.2, 0.25) is 0 Å². The maximum absolute atomic E-state index is 5.61. The first-order valence-corrected chi connectivity index (χ1v) is 7.43. The van der Waals surface area contributed by atoms with E-state index in [2.05, 4.69) is 29.1 Å². The van der Waals surface area contributed by atoms with E-state index >= 15 is 0 Å². The third kappa shape index (κ3) is 3.19. The summed E-state index contributed by atoms with van der Waals surface area (Å²) in [6, 6.07) is 6.45. The van der Waals surface area contributed by atoms with Crippen LogP contribution in [0.4, 0.5) is 0 Å². The molecule has 5 heteroatoms. The Balaban J connectivity index is 1.73. The minimum Gasteiger partial charge on any atom is -0.486 e. The van der Waals surface area contributed by atoms with E-state index in [0.29, 0.717) is 19.3 Å². The van der Waals surface area contributed by atoms with Crippen LogP contribution in [0, 0.1) is 0 Å². The Hall–Kier alpha value is -2.01. The van der Waals surface area contributed by atoms with Crippen LogP contribution in [0.25, 0.3) is 11.3 Å². The molecule has 1 aromatic carbocycles. The minimum atomic E-state index is 0.493. The van der Waals surface area contributed by atoms with Crippen LogP contribution in [-0.2, 0) is 6.54 Å². The van der Waals surface area contributed by atoms with Crippen LogP contribution >= 0.6 is 0 Å². The van der Waals surface area contributed by atoms with Gasteiger partial charge in [0, 0.05) is 11.6 Å². The highest BCUT2D eigenvalue weighted by atomic mass is 16.6. The maximum atomic E-state index is 5.61. The number of nitrogens with zero attached hydrogens (tertiary/aromatic N) is 1. The fraction of sp³-hybridized carbons (Fsp3) is 0.438. The lowest BCUT2D eigenvalue weighted by atomic mass is 10.1. The van der Waals surface area contributed by atoms with Crippen molar-refractivity contribution in [1.29, 1.82) is 0 Å². The van der Waals surface area contributed by atoms with Gasteiger partial charge in [0.25, 0.3) is 0 Å². The number of nitrogens with one attached hydrogen (secondary N) is 2. The van der Waals surface area contributed by atoms with E-state index in [1.807, 2.05) is 24.4 Å². The number of fused-ring (bicyclic) bond motifs is 1. The van der Waals surface area contributed by atoms with Crippen LogP contribution in [-0.4, -0.2) is 29.2 Å². The lowest BCUT2D eigenvalue weighted by Gasteiger charge is -2.18. The van der Waals surface area contributed by atoms with Gasteiger partial charge in [0.05, 0.1) is 18.4 Å². The first-order chi connectivity index (χ1) is 10.3. The SMILES string of the molecule is CCC(C)NCc1ncc(-c2ccc3c(c2)OCCO3)[nH]1. The zero-order chi connectivity index (χ0) is 14.7. The van der Waals surface area contributed by atoms with Gasteiger partial charge in [-0.2, -0.15) is 0 Å². The Labute approximate surface area is 124 Å². The summed E-state index contributed by atoms with van der Waals surface area (Å²) in [5.74, 6) is 2.55. The summed E-state index contributed by atoms with van der Waals surface area (Å²) in [6.07, 6.45) is 2.97. The third-order valence-electron chi connectivity index (χ3n) is 3.71. The van der Waals surface area contributed by atoms with Crippen LogP contribution in [0.15, 0.2) is 24.4 Å². The molecule has 112 valence electrons. The third-order valence-corrected chi connectivity index (χ3v) is 3.71. The molecular formula is C16H21N3O2. The molecule has 0 bridgehead atoms. The van der Waals surface area contributed by atoms with Crippen LogP contribution < -0.4 is 14.8 Å². The van der Waals surface area contributed by atoms with Crippen molar-refractivity contribution in [3.05, 3.63) is 30.2 Å². The van der Waals surface area contributed by atoms with Crippen LogP contribution in [0.5, 0.6) is 11.5 Å². The van der Waals surface area contributed by atoms with E-state index in [9.17, 15) is 0 Å². The monoisotopic (exact) mass is 287 g/mol. The van der Waals surface area contributed by atoms with Gasteiger partial charge in [-0.1, -0.05) is 6.92 Å². The second-order valence-corrected chi connectivity index (χ2v) is 5.29. The average Bonchev–Trinajstić information content (AvgIpc) is 3.01. The van der Waals surface area contributed by atoms with Crippen LogP contribution in [0.1, 0.15) is 26.1 Å². The zero-order valence-electron chi connectivity index (χ0n) is 12.5. The number of hydrogen-bond donors (Lipinski definition) is 2. The second-order valence-electron chi connectivity index (χ2n) is 5.29. The van der Waals surface area contributed by atoms with Gasteiger partial charge in [0.15, 0.2) is 11.5 Å². The number of ether oxygens (including phenoxy) is 2. The van der Waals surface area contributed by atoms with E-state index in [1.54, 1.807) is 0 Å². The maximum Gasteiger partial charge on any atom is 0.162 e. The number of aromatic amines is 1. The van der Waals surface area contributed by atoms with Gasteiger partial charge in [-0.15, -0.1) is 0 Å². The van der Waals surface area contributed by atoms with Gasteiger partial charge in [-0.05, 0) is 31.5 Å². The molecule has 0 saturated heterocycles. The summed E-state index contributed by atoms with van der Waals surface area (Å²) in [7, 11) is 0. The molecule has 2 aromatic rings. The zero-order valence-corrected chi connectivity index (χ0v) is 12.5. The number of benzene rings is 1. The molecule has 1 aromatic heterocycles. The van der Waals surface area contributed by atoms with E-state index < -0.39 is 0 Å². The molecule has 0 spiro atoms. The molecule has 0 fully saturated rings. The molecule has 5 nitrogen and oxygen atoms in total. The Kier molecular flexibility index (Phi) is 4.10. The smallest absolute Gasteiger partial charge is 0.162 e. The molecule has 0 amide bonds. The predicted molar refractivity (Wildman–Crippen MR) is 81.6 cm³/mol. The molecule has 0 saturated carbocycles. The van der Waals surface area contributed by atoms with Crippen molar-refractivity contribution in [2.75, 3.05) is 13.2 Å². The van der Waals surface area contributed by atoms with Crippen LogP contribution in [0.3, 0.4) is 0 Å². The largest absolute Gasteiger partial charge is 0.486 e. The van der Waals surface area contributed by atoms with Crippen molar-refractivity contribution < 1.29 is 9.47 Å². The summed E-state index contributed by atoms with van der Waals surface area (Å²) in [4.78, 5) is 7.77. The van der Waals surface area contributed by atoms with Crippen molar-refractivity contribution in [3.8, 4) is 22.8 Å². The average molecular weight is 287 g/mol. The van der Waals surface area contributed by atoms with Gasteiger partial charge in [-0.3, -0.25) is 0 Å². The molecule has 1 aliphatic heterocycles. The highest BCUT2D eigenvalue weighted by Crippen LogP contribution is 2.33. The summed E-state index contributed by atoms with van der Waals surface area (Å²) in [6.45, 7) is 6.30. The normalized spacial score (nSPS) is 15.0. The van der Waals surface area contributed by atoms with Crippen molar-refractivity contribution in [1.82, 2.24) is 15.3 Å². The lowest BCUT2D eigenvalue weighted by Crippen LogP contribution is -2.24. The van der Waals surface area contributed by atoms with E-state index in [-0.39, 0.29) is 0 Å². The molecule has 0 radical (unpaired) electrons. The fourth-order valence-electron chi connectivity index (χ4n) is 2.23. The Morgan fingerprint density at radius 2 is 2.10 bits per heavy atom. The molecule has 3 rings (SSSR count). The Bertz CT molecular complexity index is 609. The Morgan fingerprint density at radius 3 is 2.90 bits per heavy atom. The minimum absolute atomic E-state index is 0.493. The fourth-order valence-corrected chi connectivity index (χ4v) is 2.23. The molecule has 2 N–H and O–H groups in total. The topological polar surface area (TPSA) is 59.2 Å². The molecule has 0 aliphatic carbocycles. The summed E-state index contributed by atoms with van der Waals surface area (Å²) in [5.41, 5.74) is 2.05. The lowest BCUT2D eigenvalue weighted by molar-refractivity contribution is 0.171. The van der Waals surface area contributed by atoms with Gasteiger partial charge < -0.3 is 19.8 Å². The molecule has 1 unspecified atom stereocenters. The molecule has 2 heterocycles. The quantitative estimate of drug-likeness (QED) is 0.887. The van der Waals surface area contributed by atoms with Gasteiger partial charge >= 0.3 is 0 Å². The molecular weight excluding hydrogens is 266 g/mol. The van der Waals surface area contributed by atoms with Gasteiger partial charge in [0.2, 0.25) is 0 Å². The van der Waals surface area contributed by atoms with Gasteiger partial charge in [0.1, 0.15) is 19.0 Å². The predicted octanol–water partition coefficient (Wildman–Crippen LogP) is 2.74. The van der Waals surface area contributed by atoms with E-state index in [0.717, 1.165) is 41.5 Å². The van der Waals surface area contributed by atoms with Crippen molar-refractivity contribution in [2.24, 2.45) is 0 Å².